The van der Waals surface area contributed by atoms with Gasteiger partial charge in [-0.3, -0.25) is 0 Å². The lowest BCUT2D eigenvalue weighted by atomic mass is 9.91. The Morgan fingerprint density at radius 3 is 2.73 bits per heavy atom. The molecule has 0 atom stereocenters. The third-order valence-electron chi connectivity index (χ3n) is 3.01. The Morgan fingerprint density at radius 1 is 1.13 bits per heavy atom. The van der Waals surface area contributed by atoms with Gasteiger partial charge in [-0.2, -0.15) is 12.6 Å². The number of rotatable bonds is 4. The lowest BCUT2D eigenvalue weighted by Crippen LogP contribution is -2.06. The van der Waals surface area contributed by atoms with Gasteiger partial charge in [0.2, 0.25) is 0 Å². The van der Waals surface area contributed by atoms with Gasteiger partial charge in [-0.15, -0.1) is 0 Å². The topological polar surface area (TPSA) is 12.0 Å². The molecule has 1 aliphatic carbocycles. The Morgan fingerprint density at radius 2 is 1.93 bits per heavy atom. The van der Waals surface area contributed by atoms with Gasteiger partial charge >= 0.3 is 0 Å². The minimum absolute atomic E-state index is 0.956. The fourth-order valence-corrected chi connectivity index (χ4v) is 2.31. The molecule has 15 heavy (non-hydrogen) atoms. The fraction of sp³-hybridized carbons (Fsp3) is 0.538. The normalized spacial score (nSPS) is 14.7. The molecule has 2 rings (SSSR count). The second-order valence-electron chi connectivity index (χ2n) is 4.19. The number of hydrogen-bond acceptors (Lipinski definition) is 2. The van der Waals surface area contributed by atoms with Gasteiger partial charge in [0.05, 0.1) is 0 Å². The summed E-state index contributed by atoms with van der Waals surface area (Å²) in [6.07, 6.45) is 6.37. The SMILES string of the molecule is SCCCNc1ccc2c(c1)CCCC2. The van der Waals surface area contributed by atoms with E-state index >= 15 is 0 Å². The van der Waals surface area contributed by atoms with Crippen molar-refractivity contribution in [3.05, 3.63) is 29.3 Å². The standard InChI is InChI=1S/C13H19NS/c15-9-3-8-14-13-7-6-11-4-1-2-5-12(11)10-13/h6-7,10,14-15H,1-5,8-9H2. The maximum Gasteiger partial charge on any atom is 0.0343 e. The highest BCUT2D eigenvalue weighted by atomic mass is 32.1. The predicted molar refractivity (Wildman–Crippen MR) is 70.0 cm³/mol. The van der Waals surface area contributed by atoms with Crippen molar-refractivity contribution in [3.8, 4) is 0 Å². The summed E-state index contributed by atoms with van der Waals surface area (Å²) < 4.78 is 0. The van der Waals surface area contributed by atoms with Crippen LogP contribution in [0.4, 0.5) is 5.69 Å². The highest BCUT2D eigenvalue weighted by molar-refractivity contribution is 7.80. The van der Waals surface area contributed by atoms with Crippen LogP contribution in [0, 0.1) is 0 Å². The zero-order valence-electron chi connectivity index (χ0n) is 9.13. The van der Waals surface area contributed by atoms with Crippen LogP contribution >= 0.6 is 12.6 Å². The van der Waals surface area contributed by atoms with E-state index in [2.05, 4.69) is 36.1 Å². The molecule has 1 aromatic carbocycles. The summed E-state index contributed by atoms with van der Waals surface area (Å²) in [7, 11) is 0. The summed E-state index contributed by atoms with van der Waals surface area (Å²) >= 11 is 4.21. The average molecular weight is 221 g/mol. The van der Waals surface area contributed by atoms with Crippen molar-refractivity contribution in [1.82, 2.24) is 0 Å². The van der Waals surface area contributed by atoms with E-state index in [0.717, 1.165) is 18.7 Å². The van der Waals surface area contributed by atoms with E-state index in [9.17, 15) is 0 Å². The number of anilines is 1. The first-order chi connectivity index (χ1) is 7.40. The van der Waals surface area contributed by atoms with Crippen LogP contribution in [0.15, 0.2) is 18.2 Å². The van der Waals surface area contributed by atoms with Crippen LogP contribution in [0.2, 0.25) is 0 Å². The highest BCUT2D eigenvalue weighted by Crippen LogP contribution is 2.24. The zero-order chi connectivity index (χ0) is 10.5. The van der Waals surface area contributed by atoms with Gasteiger partial charge < -0.3 is 5.32 Å². The molecule has 1 N–H and O–H groups in total. The summed E-state index contributed by atoms with van der Waals surface area (Å²) in [6, 6.07) is 6.83. The number of thiol groups is 1. The van der Waals surface area contributed by atoms with Gasteiger partial charge in [-0.05, 0) is 61.1 Å². The van der Waals surface area contributed by atoms with Crippen molar-refractivity contribution in [1.29, 1.82) is 0 Å². The van der Waals surface area contributed by atoms with E-state index in [0.29, 0.717) is 0 Å². The van der Waals surface area contributed by atoms with E-state index in [1.54, 1.807) is 11.1 Å². The first-order valence-corrected chi connectivity index (χ1v) is 6.50. The van der Waals surface area contributed by atoms with Gasteiger partial charge in [0.15, 0.2) is 0 Å². The number of hydrogen-bond donors (Lipinski definition) is 2. The van der Waals surface area contributed by atoms with Crippen LogP contribution in [0.3, 0.4) is 0 Å². The van der Waals surface area contributed by atoms with E-state index in [1.807, 2.05) is 0 Å². The van der Waals surface area contributed by atoms with E-state index in [1.165, 1.54) is 31.4 Å². The largest absolute Gasteiger partial charge is 0.385 e. The van der Waals surface area contributed by atoms with E-state index < -0.39 is 0 Å². The number of benzene rings is 1. The monoisotopic (exact) mass is 221 g/mol. The molecule has 82 valence electrons. The van der Waals surface area contributed by atoms with E-state index in [4.69, 9.17) is 0 Å². The zero-order valence-corrected chi connectivity index (χ0v) is 10.0. The van der Waals surface area contributed by atoms with Gasteiger partial charge in [-0.1, -0.05) is 6.07 Å². The molecule has 1 nitrogen and oxygen atoms in total. The van der Waals surface area contributed by atoms with Crippen molar-refractivity contribution in [2.45, 2.75) is 32.1 Å². The molecule has 0 fully saturated rings. The molecular weight excluding hydrogens is 202 g/mol. The lowest BCUT2D eigenvalue weighted by Gasteiger charge is -2.17. The van der Waals surface area contributed by atoms with Gasteiger partial charge in [0, 0.05) is 12.2 Å². The second kappa shape index (κ2) is 5.45. The minimum Gasteiger partial charge on any atom is -0.385 e. The summed E-state index contributed by atoms with van der Waals surface area (Å²) in [5.74, 6) is 0.956. The molecule has 0 spiro atoms. The predicted octanol–water partition coefficient (Wildman–Crippen LogP) is 3.30. The maximum absolute atomic E-state index is 4.21. The molecule has 0 saturated heterocycles. The van der Waals surface area contributed by atoms with Gasteiger partial charge in [0.1, 0.15) is 0 Å². The number of aryl methyl sites for hydroxylation is 2. The summed E-state index contributed by atoms with van der Waals surface area (Å²) in [6.45, 7) is 1.03. The second-order valence-corrected chi connectivity index (χ2v) is 4.64. The van der Waals surface area contributed by atoms with Crippen molar-refractivity contribution >= 4 is 18.3 Å². The summed E-state index contributed by atoms with van der Waals surface area (Å²) in [5, 5.41) is 3.45. The third-order valence-corrected chi connectivity index (χ3v) is 3.33. The van der Waals surface area contributed by atoms with Gasteiger partial charge in [0.25, 0.3) is 0 Å². The van der Waals surface area contributed by atoms with Crippen molar-refractivity contribution in [2.24, 2.45) is 0 Å². The molecule has 0 aliphatic heterocycles. The maximum atomic E-state index is 4.21. The molecule has 1 aliphatic rings. The van der Waals surface area contributed by atoms with Crippen molar-refractivity contribution in [2.75, 3.05) is 17.6 Å². The van der Waals surface area contributed by atoms with Crippen molar-refractivity contribution in [3.63, 3.8) is 0 Å². The van der Waals surface area contributed by atoms with Crippen LogP contribution in [-0.2, 0) is 12.8 Å². The van der Waals surface area contributed by atoms with Crippen LogP contribution in [-0.4, -0.2) is 12.3 Å². The van der Waals surface area contributed by atoms with Crippen LogP contribution in [0.1, 0.15) is 30.4 Å². The van der Waals surface area contributed by atoms with Crippen LogP contribution < -0.4 is 5.32 Å². The molecule has 1 aromatic rings. The molecule has 0 heterocycles. The first kappa shape index (κ1) is 10.9. The van der Waals surface area contributed by atoms with Crippen LogP contribution in [0.5, 0.6) is 0 Å². The number of fused-ring (bicyclic) bond motifs is 1. The molecule has 0 amide bonds. The molecule has 0 unspecified atom stereocenters. The quantitative estimate of drug-likeness (QED) is 0.587. The Labute approximate surface area is 97.7 Å². The summed E-state index contributed by atoms with van der Waals surface area (Å²) in [5.41, 5.74) is 4.38. The van der Waals surface area contributed by atoms with Crippen LogP contribution in [0.25, 0.3) is 0 Å². The fourth-order valence-electron chi connectivity index (χ4n) is 2.16. The number of nitrogens with one attached hydrogen (secondary N) is 1. The lowest BCUT2D eigenvalue weighted by molar-refractivity contribution is 0.686. The minimum atomic E-state index is 0.956. The molecule has 0 radical (unpaired) electrons. The average Bonchev–Trinajstić information content (AvgIpc) is 2.29. The smallest absolute Gasteiger partial charge is 0.0343 e. The molecular formula is C13H19NS. The third kappa shape index (κ3) is 2.91. The molecule has 2 heteroatoms. The molecule has 0 aromatic heterocycles. The first-order valence-electron chi connectivity index (χ1n) is 5.86. The Kier molecular flexibility index (Phi) is 3.95. The van der Waals surface area contributed by atoms with Crippen molar-refractivity contribution < 1.29 is 0 Å². The summed E-state index contributed by atoms with van der Waals surface area (Å²) in [4.78, 5) is 0. The van der Waals surface area contributed by atoms with Gasteiger partial charge in [-0.25, -0.2) is 0 Å². The molecule has 0 bridgehead atoms. The highest BCUT2D eigenvalue weighted by Gasteiger charge is 2.08. The Bertz CT molecular complexity index is 322. The molecule has 0 saturated carbocycles. The van der Waals surface area contributed by atoms with E-state index in [-0.39, 0.29) is 0 Å². The Hall–Kier alpha value is -0.630. The Balaban J connectivity index is 2.00.